The van der Waals surface area contributed by atoms with Gasteiger partial charge in [-0.05, 0) is 64.7 Å². The lowest BCUT2D eigenvalue weighted by Crippen LogP contribution is -2.41. The Morgan fingerprint density at radius 2 is 1.77 bits per heavy atom. The number of allylic oxidation sites excluding steroid dienone is 1. The number of methoxy groups -OCH3 is 1. The summed E-state index contributed by atoms with van der Waals surface area (Å²) in [6.45, 7) is 1.48. The van der Waals surface area contributed by atoms with Gasteiger partial charge in [-0.25, -0.2) is 9.79 Å². The number of thiazole rings is 1. The molecule has 7 nitrogen and oxygen atoms in total. The zero-order valence-electron chi connectivity index (χ0n) is 25.3. The summed E-state index contributed by atoms with van der Waals surface area (Å²) in [5, 5.41) is 2.60. The molecule has 6 rings (SSSR count). The molecule has 1 aliphatic heterocycles. The molecular weight excluding hydrogens is 688 g/mol. The van der Waals surface area contributed by atoms with Crippen molar-refractivity contribution >= 4 is 57.4 Å². The third-order valence-corrected chi connectivity index (χ3v) is 9.10. The first kappa shape index (κ1) is 33.3. The highest BCUT2D eigenvalue weighted by Gasteiger charge is 2.45. The van der Waals surface area contributed by atoms with Gasteiger partial charge in [0.05, 0.1) is 34.9 Å². The van der Waals surface area contributed by atoms with Crippen LogP contribution in [-0.4, -0.2) is 30.4 Å². The number of hydrogen-bond donors (Lipinski definition) is 0. The summed E-state index contributed by atoms with van der Waals surface area (Å²) in [7, 11) is 1.44. The molecule has 1 atom stereocenters. The number of carbonyl (C=O) groups excluding carboxylic acids is 1. The van der Waals surface area contributed by atoms with Crippen molar-refractivity contribution in [2.45, 2.75) is 25.7 Å². The van der Waals surface area contributed by atoms with E-state index in [-0.39, 0.29) is 44.6 Å². The van der Waals surface area contributed by atoms with E-state index in [1.807, 2.05) is 42.5 Å². The largest absolute Gasteiger partial charge is 0.493 e. The summed E-state index contributed by atoms with van der Waals surface area (Å²) in [4.78, 5) is 30.5. The van der Waals surface area contributed by atoms with Crippen LogP contribution < -0.4 is 24.4 Å². The van der Waals surface area contributed by atoms with Gasteiger partial charge in [-0.2, -0.15) is 13.2 Å². The van der Waals surface area contributed by atoms with Crippen molar-refractivity contribution in [1.29, 1.82) is 0 Å². The smallest absolute Gasteiger partial charge is 0.434 e. The van der Waals surface area contributed by atoms with Gasteiger partial charge >= 0.3 is 12.1 Å². The van der Waals surface area contributed by atoms with Crippen LogP contribution in [0.25, 0.3) is 16.8 Å². The number of aromatic nitrogens is 1. The van der Waals surface area contributed by atoms with Crippen LogP contribution in [0.4, 0.5) is 13.2 Å². The molecule has 0 N–H and O–H groups in total. The third-order valence-electron chi connectivity index (χ3n) is 7.58. The van der Waals surface area contributed by atoms with Crippen molar-refractivity contribution in [2.24, 2.45) is 4.99 Å². The second-order valence-electron chi connectivity index (χ2n) is 10.6. The molecule has 1 aromatic heterocycles. The highest BCUT2D eigenvalue weighted by molar-refractivity contribution is 7.07. The lowest BCUT2D eigenvalue weighted by molar-refractivity contribution is -0.140. The molecule has 0 fully saturated rings. The average Bonchev–Trinajstić information content (AvgIpc) is 3.37. The Bertz CT molecular complexity index is 2260. The molecule has 0 radical (unpaired) electrons. The van der Waals surface area contributed by atoms with Gasteiger partial charge in [-0.1, -0.05) is 89.1 Å². The van der Waals surface area contributed by atoms with Crippen LogP contribution in [-0.2, 0) is 16.1 Å². The van der Waals surface area contributed by atoms with Crippen molar-refractivity contribution in [2.75, 3.05) is 13.7 Å². The molecule has 0 aliphatic carbocycles. The van der Waals surface area contributed by atoms with E-state index in [1.165, 1.54) is 44.4 Å². The second kappa shape index (κ2) is 13.5. The zero-order valence-corrected chi connectivity index (χ0v) is 27.6. The maximum atomic E-state index is 14.4. The number of alkyl halides is 3. The fourth-order valence-corrected chi connectivity index (χ4v) is 6.88. The van der Waals surface area contributed by atoms with E-state index in [2.05, 4.69) is 4.99 Å². The first-order valence-corrected chi connectivity index (χ1v) is 16.1. The van der Waals surface area contributed by atoms with Gasteiger partial charge in [0.1, 0.15) is 6.61 Å². The molecule has 0 spiro atoms. The van der Waals surface area contributed by atoms with E-state index in [4.69, 9.17) is 37.4 Å². The Labute approximate surface area is 285 Å². The monoisotopic (exact) mass is 712 g/mol. The van der Waals surface area contributed by atoms with Crippen LogP contribution in [0.5, 0.6) is 11.5 Å². The maximum Gasteiger partial charge on any atom is 0.434 e. The Morgan fingerprint density at radius 1 is 1.04 bits per heavy atom. The number of ether oxygens (including phenoxy) is 3. The molecule has 48 heavy (non-hydrogen) atoms. The summed E-state index contributed by atoms with van der Waals surface area (Å²) < 4.78 is 61.0. The number of carbonyl (C=O) groups is 1. The summed E-state index contributed by atoms with van der Waals surface area (Å²) in [6.07, 6.45) is -3.56. The van der Waals surface area contributed by atoms with Crippen LogP contribution in [0.15, 0.2) is 99.9 Å². The van der Waals surface area contributed by atoms with Crippen LogP contribution in [0.3, 0.4) is 0 Å². The van der Waals surface area contributed by atoms with E-state index in [0.717, 1.165) is 32.2 Å². The third kappa shape index (κ3) is 6.45. The topological polar surface area (TPSA) is 79.1 Å². The highest BCUT2D eigenvalue weighted by Crippen LogP contribution is 2.39. The minimum absolute atomic E-state index is 0.0434. The maximum absolute atomic E-state index is 14.4. The molecule has 0 saturated carbocycles. The van der Waals surface area contributed by atoms with Gasteiger partial charge in [0.15, 0.2) is 22.0 Å². The van der Waals surface area contributed by atoms with Crippen LogP contribution >= 0.6 is 34.5 Å². The molecule has 246 valence electrons. The van der Waals surface area contributed by atoms with E-state index in [1.54, 1.807) is 12.1 Å². The number of hydrogen-bond acceptors (Lipinski definition) is 7. The van der Waals surface area contributed by atoms with E-state index >= 15 is 0 Å². The highest BCUT2D eigenvalue weighted by atomic mass is 35.5. The number of halogens is 5. The summed E-state index contributed by atoms with van der Waals surface area (Å²) in [6, 6.07) is 21.3. The molecule has 0 unspecified atom stereocenters. The van der Waals surface area contributed by atoms with Gasteiger partial charge in [0.2, 0.25) is 0 Å². The minimum Gasteiger partial charge on any atom is -0.493 e. The van der Waals surface area contributed by atoms with E-state index < -0.39 is 35.0 Å². The molecule has 0 bridgehead atoms. The molecular formula is C35H25Cl2F3N2O5S. The van der Waals surface area contributed by atoms with E-state index in [9.17, 15) is 22.8 Å². The zero-order chi connectivity index (χ0) is 34.2. The Hall–Kier alpha value is -4.58. The Morgan fingerprint density at radius 3 is 2.48 bits per heavy atom. The van der Waals surface area contributed by atoms with Crippen LogP contribution in [0.1, 0.15) is 29.7 Å². The number of benzene rings is 4. The van der Waals surface area contributed by atoms with Gasteiger partial charge < -0.3 is 14.2 Å². The van der Waals surface area contributed by atoms with Crippen molar-refractivity contribution in [3.05, 3.63) is 137 Å². The number of nitrogens with zero attached hydrogens (tertiary/aromatic N) is 2. The summed E-state index contributed by atoms with van der Waals surface area (Å²) in [5.74, 6) is -0.675. The fraction of sp³-hybridized carbons (Fsp3) is 0.171. The van der Waals surface area contributed by atoms with Crippen molar-refractivity contribution in [1.82, 2.24) is 4.57 Å². The first-order chi connectivity index (χ1) is 23.0. The predicted molar refractivity (Wildman–Crippen MR) is 179 cm³/mol. The lowest BCUT2D eigenvalue weighted by atomic mass is 9.95. The minimum atomic E-state index is -5.02. The van der Waals surface area contributed by atoms with Crippen molar-refractivity contribution < 1.29 is 32.2 Å². The summed E-state index contributed by atoms with van der Waals surface area (Å²) >= 11 is 13.4. The van der Waals surface area contributed by atoms with Gasteiger partial charge in [0.25, 0.3) is 5.56 Å². The first-order valence-electron chi connectivity index (χ1n) is 14.5. The molecule has 5 aromatic rings. The molecule has 13 heteroatoms. The number of rotatable bonds is 8. The molecule has 0 saturated heterocycles. The summed E-state index contributed by atoms with van der Waals surface area (Å²) in [5.41, 5.74) is -1.35. The van der Waals surface area contributed by atoms with Crippen molar-refractivity contribution in [3.63, 3.8) is 0 Å². The SMILES string of the molecule is CCOC(=O)C1=C(C(F)(F)F)N=c2s/c(=C\c3cc(Cl)c(OCc4cccc5ccccc45)c(OC)c3)c(=O)n2[C@H]1c1ccc(Cl)cc1. The second-order valence-corrected chi connectivity index (χ2v) is 12.4. The molecule has 0 amide bonds. The predicted octanol–water partition coefficient (Wildman–Crippen LogP) is 7.39. The number of esters is 1. The fourth-order valence-electron chi connectivity index (χ4n) is 5.48. The molecule has 4 aromatic carbocycles. The quantitative estimate of drug-likeness (QED) is 0.157. The van der Waals surface area contributed by atoms with E-state index in [0.29, 0.717) is 10.6 Å². The Kier molecular flexibility index (Phi) is 9.37. The van der Waals surface area contributed by atoms with Crippen LogP contribution in [0, 0.1) is 0 Å². The van der Waals surface area contributed by atoms with Gasteiger partial charge in [-0.3, -0.25) is 9.36 Å². The van der Waals surface area contributed by atoms with Gasteiger partial charge in [-0.15, -0.1) is 0 Å². The standard InChI is InChI=1S/C35H25Cl2F3N2O5S/c1-3-46-33(44)28-29(21-11-13-23(36)14-12-21)42-32(43)27(48-34(42)41-31(28)35(38,39)40)17-19-15-25(37)30(26(16-19)45-2)47-18-22-9-6-8-20-7-4-5-10-24(20)22/h4-17,29H,3,18H2,1-2H3/b27-17-/t29-/m0/s1. The van der Waals surface area contributed by atoms with Crippen LogP contribution in [0.2, 0.25) is 10.0 Å². The average molecular weight is 714 g/mol. The molecule has 1 aliphatic rings. The van der Waals surface area contributed by atoms with Crippen molar-refractivity contribution in [3.8, 4) is 11.5 Å². The Balaban J connectivity index is 1.44. The van der Waals surface area contributed by atoms with Gasteiger partial charge in [0, 0.05) is 5.02 Å². The lowest BCUT2D eigenvalue weighted by Gasteiger charge is -2.26. The number of fused-ring (bicyclic) bond motifs is 2. The molecule has 2 heterocycles. The normalized spacial score (nSPS) is 14.9.